The Kier molecular flexibility index (Phi) is 5.15. The third-order valence-electron chi connectivity index (χ3n) is 2.02. The lowest BCUT2D eigenvalue weighted by atomic mass is 10.7. The van der Waals surface area contributed by atoms with Crippen molar-refractivity contribution in [1.82, 2.24) is 4.57 Å². The van der Waals surface area contributed by atoms with E-state index in [2.05, 4.69) is 42.2 Å². The number of hydrogen-bond donors (Lipinski definition) is 0. The smallest absolute Gasteiger partial charge is 0.211 e. The van der Waals surface area contributed by atoms with E-state index in [0.717, 1.165) is 12.7 Å². The first-order chi connectivity index (χ1) is 6.88. The molecule has 1 heterocycles. The van der Waals surface area contributed by atoms with Gasteiger partial charge in [0.25, 0.3) is 0 Å². The molecule has 1 rings (SSSR count). The van der Waals surface area contributed by atoms with Crippen molar-refractivity contribution in [3.8, 4) is 0 Å². The Morgan fingerprint density at radius 3 is 2.67 bits per heavy atom. The monoisotopic (exact) mass is 357 g/mol. The molecule has 0 radical (unpaired) electrons. The second-order valence-electron chi connectivity index (χ2n) is 4.75. The van der Waals surface area contributed by atoms with Crippen LogP contribution in [-0.2, 0) is 4.74 Å². The maximum absolute atomic E-state index is 6.10. The first-order valence-electron chi connectivity index (χ1n) is 4.97. The molecular weight excluding hydrogens is 341 g/mol. The van der Waals surface area contributed by atoms with Crippen LogP contribution < -0.4 is 0 Å². The summed E-state index contributed by atoms with van der Waals surface area (Å²) in [6, 6.07) is 3.16. The van der Waals surface area contributed by atoms with Gasteiger partial charge in [0.2, 0.25) is 5.69 Å². The van der Waals surface area contributed by atoms with E-state index in [1.807, 2.05) is 23.0 Å². The third-order valence-corrected chi connectivity index (χ3v) is 4.71. The number of nitrogens with zero attached hydrogens (tertiary/aromatic N) is 1. The second-order valence-corrected chi connectivity index (χ2v) is 12.0. The van der Waals surface area contributed by atoms with Crippen LogP contribution in [0.15, 0.2) is 18.5 Å². The van der Waals surface area contributed by atoms with Gasteiger partial charge in [0.15, 0.2) is 0 Å². The Morgan fingerprint density at radius 1 is 1.53 bits per heavy atom. The lowest BCUT2D eigenvalue weighted by Crippen LogP contribution is -2.22. The lowest BCUT2D eigenvalue weighted by Gasteiger charge is -2.18. The average molecular weight is 358 g/mol. The molecule has 5 heteroatoms. The largest absolute Gasteiger partial charge is 0.345 e. The Morgan fingerprint density at radius 2 is 2.20 bits per heavy atom. The fourth-order valence-electron chi connectivity index (χ4n) is 1.06. The van der Waals surface area contributed by atoms with Crippen LogP contribution in [0.4, 0.5) is 0 Å². The van der Waals surface area contributed by atoms with Gasteiger partial charge < -0.3 is 9.30 Å². The van der Waals surface area contributed by atoms with E-state index in [0.29, 0.717) is 0 Å². The van der Waals surface area contributed by atoms with Crippen molar-refractivity contribution in [3.05, 3.63) is 22.0 Å². The van der Waals surface area contributed by atoms with Crippen LogP contribution in [0.1, 0.15) is 5.69 Å². The number of ether oxygens (including phenoxy) is 1. The standard InChI is InChI=1S/C10H17ClINOSi/c1-15(2,3)7-6-14-10(11)13-5-4-9(12)8-13/h4-5,8,10H,6-7H2,1-3H3. The van der Waals surface area contributed by atoms with Crippen LogP contribution in [0.5, 0.6) is 0 Å². The molecule has 1 atom stereocenters. The lowest BCUT2D eigenvalue weighted by molar-refractivity contribution is 0.0726. The summed E-state index contributed by atoms with van der Waals surface area (Å²) in [6.07, 6.45) is 3.92. The predicted octanol–water partition coefficient (Wildman–Crippen LogP) is 4.14. The first-order valence-corrected chi connectivity index (χ1v) is 10.2. The summed E-state index contributed by atoms with van der Waals surface area (Å²) in [7, 11) is -1.01. The van der Waals surface area contributed by atoms with Gasteiger partial charge in [0.1, 0.15) is 0 Å². The quantitative estimate of drug-likeness (QED) is 0.439. The zero-order valence-electron chi connectivity index (χ0n) is 9.34. The van der Waals surface area contributed by atoms with Crippen LogP contribution in [0.2, 0.25) is 25.7 Å². The van der Waals surface area contributed by atoms with Gasteiger partial charge in [-0.1, -0.05) is 31.2 Å². The van der Waals surface area contributed by atoms with E-state index in [1.54, 1.807) is 0 Å². The molecule has 2 nitrogen and oxygen atoms in total. The van der Waals surface area contributed by atoms with E-state index >= 15 is 0 Å². The molecule has 0 amide bonds. The van der Waals surface area contributed by atoms with Crippen molar-refractivity contribution in [2.24, 2.45) is 0 Å². The van der Waals surface area contributed by atoms with Gasteiger partial charge in [-0.2, -0.15) is 0 Å². The number of alkyl halides is 1. The summed E-state index contributed by atoms with van der Waals surface area (Å²) in [5.74, 6) is 0. The van der Waals surface area contributed by atoms with Crippen molar-refractivity contribution in [1.29, 1.82) is 0 Å². The molecule has 0 saturated carbocycles. The molecule has 0 bridgehead atoms. The van der Waals surface area contributed by atoms with Crippen molar-refractivity contribution >= 4 is 42.3 Å². The molecule has 0 aromatic carbocycles. The van der Waals surface area contributed by atoms with E-state index < -0.39 is 8.07 Å². The van der Waals surface area contributed by atoms with Gasteiger partial charge in [0, 0.05) is 30.6 Å². The van der Waals surface area contributed by atoms with Crippen LogP contribution in [0.3, 0.4) is 0 Å². The second kappa shape index (κ2) is 5.70. The highest BCUT2D eigenvalue weighted by molar-refractivity contribution is 14.1. The molecule has 0 aliphatic heterocycles. The van der Waals surface area contributed by atoms with E-state index in [9.17, 15) is 0 Å². The van der Waals surface area contributed by atoms with Crippen LogP contribution in [0.25, 0.3) is 0 Å². The van der Waals surface area contributed by atoms with Gasteiger partial charge >= 0.3 is 0 Å². The number of aromatic nitrogens is 1. The van der Waals surface area contributed by atoms with Crippen molar-refractivity contribution in [2.45, 2.75) is 31.4 Å². The summed E-state index contributed by atoms with van der Waals surface area (Å²) in [4.78, 5) is 0. The highest BCUT2D eigenvalue weighted by Gasteiger charge is 2.14. The van der Waals surface area contributed by atoms with Gasteiger partial charge in [-0.25, -0.2) is 0 Å². The normalized spacial score (nSPS) is 14.2. The van der Waals surface area contributed by atoms with Crippen LogP contribution in [-0.4, -0.2) is 19.2 Å². The molecule has 1 unspecified atom stereocenters. The number of hydrogen-bond acceptors (Lipinski definition) is 1. The summed E-state index contributed by atoms with van der Waals surface area (Å²) < 4.78 is 8.63. The minimum atomic E-state index is -1.01. The van der Waals surface area contributed by atoms with E-state index in [4.69, 9.17) is 16.3 Å². The Bertz CT molecular complexity index is 311. The fraction of sp³-hybridized carbons (Fsp3) is 0.600. The van der Waals surface area contributed by atoms with Gasteiger partial charge in [-0.05, 0) is 34.7 Å². The molecule has 0 N–H and O–H groups in total. The maximum Gasteiger partial charge on any atom is 0.211 e. The molecule has 0 aliphatic carbocycles. The topological polar surface area (TPSA) is 14.2 Å². The van der Waals surface area contributed by atoms with Gasteiger partial charge in [-0.15, -0.1) is 0 Å². The molecule has 1 aromatic heterocycles. The van der Waals surface area contributed by atoms with Gasteiger partial charge in [-0.3, -0.25) is 0 Å². The van der Waals surface area contributed by atoms with Crippen LogP contribution in [0, 0.1) is 3.57 Å². The molecule has 86 valence electrons. The summed E-state index contributed by atoms with van der Waals surface area (Å²) in [6.45, 7) is 7.74. The Balaban J connectivity index is 2.34. The molecule has 0 spiro atoms. The van der Waals surface area contributed by atoms with Crippen molar-refractivity contribution in [2.75, 3.05) is 6.61 Å². The molecule has 1 aromatic rings. The SMILES string of the molecule is C[Si](C)(C)CCOC(Cl)n1ccc(I)c1. The maximum atomic E-state index is 6.10. The summed E-state index contributed by atoms with van der Waals surface area (Å²) in [5, 5.41) is 0. The van der Waals surface area contributed by atoms with Crippen LogP contribution >= 0.6 is 34.2 Å². The molecule has 0 saturated heterocycles. The number of rotatable bonds is 5. The minimum absolute atomic E-state index is 0.370. The Hall–Kier alpha value is 0.477. The summed E-state index contributed by atoms with van der Waals surface area (Å²) in [5.41, 5.74) is -0.370. The average Bonchev–Trinajstić information content (AvgIpc) is 2.49. The first kappa shape index (κ1) is 13.5. The van der Waals surface area contributed by atoms with E-state index in [-0.39, 0.29) is 5.69 Å². The highest BCUT2D eigenvalue weighted by Crippen LogP contribution is 2.18. The minimum Gasteiger partial charge on any atom is -0.345 e. The predicted molar refractivity (Wildman–Crippen MR) is 76.1 cm³/mol. The zero-order valence-corrected chi connectivity index (χ0v) is 13.2. The fourth-order valence-corrected chi connectivity index (χ4v) is 2.48. The molecule has 0 fully saturated rings. The van der Waals surface area contributed by atoms with Crippen molar-refractivity contribution in [3.63, 3.8) is 0 Å². The molecular formula is C10H17ClINOSi. The van der Waals surface area contributed by atoms with Gasteiger partial charge in [0.05, 0.1) is 0 Å². The zero-order chi connectivity index (χ0) is 11.5. The van der Waals surface area contributed by atoms with Crippen molar-refractivity contribution < 1.29 is 4.74 Å². The highest BCUT2D eigenvalue weighted by atomic mass is 127. The molecule has 0 aliphatic rings. The van der Waals surface area contributed by atoms with E-state index in [1.165, 1.54) is 3.57 Å². The number of halogens is 2. The summed E-state index contributed by atoms with van der Waals surface area (Å²) >= 11 is 8.36. The Labute approximate surface area is 111 Å². The third kappa shape index (κ3) is 5.37. The molecule has 15 heavy (non-hydrogen) atoms.